The van der Waals surface area contributed by atoms with E-state index in [1.807, 2.05) is 0 Å². The molecule has 13 heavy (non-hydrogen) atoms. The molecule has 2 unspecified atom stereocenters. The molecule has 0 aliphatic carbocycles. The molecule has 4 nitrogen and oxygen atoms in total. The van der Waals surface area contributed by atoms with Crippen LogP contribution in [0.5, 0.6) is 0 Å². The number of hydrogen-bond acceptors (Lipinski definition) is 3. The van der Waals surface area contributed by atoms with Gasteiger partial charge in [-0.3, -0.25) is 4.79 Å². The quantitative estimate of drug-likeness (QED) is 0.641. The Morgan fingerprint density at radius 3 is 2.92 bits per heavy atom. The van der Waals surface area contributed by atoms with Gasteiger partial charge in [0.05, 0.1) is 12.1 Å². The van der Waals surface area contributed by atoms with Crippen LogP contribution in [0.25, 0.3) is 0 Å². The highest BCUT2D eigenvalue weighted by Crippen LogP contribution is 2.17. The molecular weight excluding hydrogens is 168 g/mol. The molecule has 0 aromatic rings. The molecule has 1 saturated heterocycles. The molecule has 2 atom stereocenters. The van der Waals surface area contributed by atoms with Crippen molar-refractivity contribution in [1.82, 2.24) is 0 Å². The van der Waals surface area contributed by atoms with Crippen LogP contribution in [-0.2, 0) is 9.53 Å². The third kappa shape index (κ3) is 3.74. The zero-order valence-electron chi connectivity index (χ0n) is 7.87. The van der Waals surface area contributed by atoms with Gasteiger partial charge in [0.25, 0.3) is 0 Å². The Labute approximate surface area is 78.6 Å². The van der Waals surface area contributed by atoms with E-state index in [9.17, 15) is 4.79 Å². The van der Waals surface area contributed by atoms with E-state index < -0.39 is 11.9 Å². The Balaban J connectivity index is 2.02. The number of hydrogen-bond donors (Lipinski definition) is 2. The molecule has 1 heterocycles. The van der Waals surface area contributed by atoms with Gasteiger partial charge in [0.1, 0.15) is 0 Å². The summed E-state index contributed by atoms with van der Waals surface area (Å²) in [4.78, 5) is 10.6. The highest BCUT2D eigenvalue weighted by molar-refractivity contribution is 5.79. The summed E-state index contributed by atoms with van der Waals surface area (Å²) in [5, 5.41) is 0. The molecule has 0 aromatic carbocycles. The fourth-order valence-corrected chi connectivity index (χ4v) is 1.58. The second kappa shape index (κ2) is 5.19. The number of amides is 1. The van der Waals surface area contributed by atoms with Crippen molar-refractivity contribution in [3.63, 3.8) is 0 Å². The van der Waals surface area contributed by atoms with Crippen molar-refractivity contribution in [2.24, 2.45) is 11.5 Å². The van der Waals surface area contributed by atoms with E-state index in [-0.39, 0.29) is 0 Å². The van der Waals surface area contributed by atoms with Crippen LogP contribution in [0.2, 0.25) is 0 Å². The molecule has 0 radical (unpaired) electrons. The second-order valence-corrected chi connectivity index (χ2v) is 3.57. The van der Waals surface area contributed by atoms with Crippen LogP contribution in [0, 0.1) is 0 Å². The van der Waals surface area contributed by atoms with E-state index >= 15 is 0 Å². The third-order valence-corrected chi connectivity index (χ3v) is 2.43. The largest absolute Gasteiger partial charge is 0.378 e. The van der Waals surface area contributed by atoms with Gasteiger partial charge in [-0.25, -0.2) is 0 Å². The first-order valence-electron chi connectivity index (χ1n) is 4.86. The van der Waals surface area contributed by atoms with E-state index in [4.69, 9.17) is 16.2 Å². The fraction of sp³-hybridized carbons (Fsp3) is 0.889. The predicted molar refractivity (Wildman–Crippen MR) is 50.0 cm³/mol. The molecule has 1 rings (SSSR count). The number of rotatable bonds is 5. The highest BCUT2D eigenvalue weighted by atomic mass is 16.5. The smallest absolute Gasteiger partial charge is 0.234 e. The number of carbonyl (C=O) groups excluding carboxylic acids is 1. The van der Waals surface area contributed by atoms with E-state index in [0.717, 1.165) is 32.3 Å². The van der Waals surface area contributed by atoms with E-state index in [2.05, 4.69) is 0 Å². The zero-order chi connectivity index (χ0) is 9.68. The lowest BCUT2D eigenvalue weighted by atomic mass is 10.1. The van der Waals surface area contributed by atoms with Gasteiger partial charge in [0, 0.05) is 6.61 Å². The van der Waals surface area contributed by atoms with Crippen molar-refractivity contribution in [2.75, 3.05) is 6.61 Å². The van der Waals surface area contributed by atoms with E-state index in [1.165, 1.54) is 0 Å². The minimum absolute atomic E-state index is 0.389. The van der Waals surface area contributed by atoms with Crippen molar-refractivity contribution in [2.45, 2.75) is 44.2 Å². The summed E-state index contributed by atoms with van der Waals surface area (Å²) in [6, 6.07) is -0.485. The molecular formula is C9H18N2O2. The molecule has 76 valence electrons. The maximum absolute atomic E-state index is 10.6. The first kappa shape index (κ1) is 10.5. The minimum atomic E-state index is -0.485. The summed E-state index contributed by atoms with van der Waals surface area (Å²) in [5.74, 6) is -0.410. The van der Waals surface area contributed by atoms with Crippen molar-refractivity contribution in [1.29, 1.82) is 0 Å². The number of ether oxygens (including phenoxy) is 1. The lowest BCUT2D eigenvalue weighted by Gasteiger charge is -2.10. The molecule has 0 saturated carbocycles. The van der Waals surface area contributed by atoms with Crippen LogP contribution in [0.1, 0.15) is 32.1 Å². The molecule has 4 N–H and O–H groups in total. The molecule has 1 aliphatic rings. The Bertz CT molecular complexity index is 167. The molecule has 0 aromatic heterocycles. The van der Waals surface area contributed by atoms with Crippen molar-refractivity contribution in [3.8, 4) is 0 Å². The first-order chi connectivity index (χ1) is 6.20. The van der Waals surface area contributed by atoms with Crippen molar-refractivity contribution < 1.29 is 9.53 Å². The normalized spacial score (nSPS) is 24.5. The molecule has 1 aliphatic heterocycles. The van der Waals surface area contributed by atoms with E-state index in [0.29, 0.717) is 12.5 Å². The standard InChI is InChI=1S/C9H18N2O2/c10-8(9(11)12)5-1-3-7-4-2-6-13-7/h7-8H,1-6,10H2,(H2,11,12). The van der Waals surface area contributed by atoms with Crippen LogP contribution < -0.4 is 11.5 Å². The average molecular weight is 186 g/mol. The van der Waals surface area contributed by atoms with Crippen molar-refractivity contribution in [3.05, 3.63) is 0 Å². The maximum atomic E-state index is 10.6. The Morgan fingerprint density at radius 1 is 1.62 bits per heavy atom. The third-order valence-electron chi connectivity index (χ3n) is 2.43. The molecule has 4 heteroatoms. The maximum Gasteiger partial charge on any atom is 0.234 e. The van der Waals surface area contributed by atoms with Gasteiger partial charge in [0.15, 0.2) is 0 Å². The number of primary amides is 1. The van der Waals surface area contributed by atoms with Gasteiger partial charge < -0.3 is 16.2 Å². The van der Waals surface area contributed by atoms with Gasteiger partial charge in [-0.2, -0.15) is 0 Å². The lowest BCUT2D eigenvalue weighted by Crippen LogP contribution is -2.36. The molecule has 0 bridgehead atoms. The molecule has 1 amide bonds. The van der Waals surface area contributed by atoms with Gasteiger partial charge in [-0.15, -0.1) is 0 Å². The Morgan fingerprint density at radius 2 is 2.38 bits per heavy atom. The Hall–Kier alpha value is -0.610. The van der Waals surface area contributed by atoms with Crippen LogP contribution in [-0.4, -0.2) is 24.7 Å². The summed E-state index contributed by atoms with van der Waals surface area (Å²) in [6.07, 6.45) is 5.30. The van der Waals surface area contributed by atoms with Gasteiger partial charge in [-0.05, 0) is 32.1 Å². The van der Waals surface area contributed by atoms with Crippen molar-refractivity contribution >= 4 is 5.91 Å². The Kier molecular flexibility index (Phi) is 4.18. The summed E-state index contributed by atoms with van der Waals surface area (Å²) < 4.78 is 5.44. The molecule has 1 fully saturated rings. The van der Waals surface area contributed by atoms with Crippen LogP contribution >= 0.6 is 0 Å². The summed E-state index contributed by atoms with van der Waals surface area (Å²) in [6.45, 7) is 0.881. The number of carbonyl (C=O) groups is 1. The first-order valence-corrected chi connectivity index (χ1v) is 4.86. The lowest BCUT2D eigenvalue weighted by molar-refractivity contribution is -0.119. The number of nitrogens with two attached hydrogens (primary N) is 2. The monoisotopic (exact) mass is 186 g/mol. The van der Waals surface area contributed by atoms with Crippen LogP contribution in [0.4, 0.5) is 0 Å². The van der Waals surface area contributed by atoms with Gasteiger partial charge >= 0.3 is 0 Å². The van der Waals surface area contributed by atoms with Crippen LogP contribution in [0.3, 0.4) is 0 Å². The van der Waals surface area contributed by atoms with Crippen LogP contribution in [0.15, 0.2) is 0 Å². The molecule has 0 spiro atoms. The second-order valence-electron chi connectivity index (χ2n) is 3.57. The minimum Gasteiger partial charge on any atom is -0.378 e. The zero-order valence-corrected chi connectivity index (χ0v) is 7.87. The van der Waals surface area contributed by atoms with Gasteiger partial charge in [-0.1, -0.05) is 0 Å². The summed E-state index contributed by atoms with van der Waals surface area (Å²) >= 11 is 0. The van der Waals surface area contributed by atoms with E-state index in [1.54, 1.807) is 0 Å². The summed E-state index contributed by atoms with van der Waals surface area (Å²) in [5.41, 5.74) is 10.5. The predicted octanol–water partition coefficient (Wildman–Crippen LogP) is 0.148. The fourth-order valence-electron chi connectivity index (χ4n) is 1.58. The summed E-state index contributed by atoms with van der Waals surface area (Å²) in [7, 11) is 0. The topological polar surface area (TPSA) is 78.3 Å². The highest BCUT2D eigenvalue weighted by Gasteiger charge is 2.16. The SMILES string of the molecule is NC(=O)C(N)CCCC1CCCO1. The van der Waals surface area contributed by atoms with Gasteiger partial charge in [0.2, 0.25) is 5.91 Å². The average Bonchev–Trinajstić information content (AvgIpc) is 2.56.